The van der Waals surface area contributed by atoms with Crippen molar-refractivity contribution in [1.82, 2.24) is 19.7 Å². The van der Waals surface area contributed by atoms with Crippen molar-refractivity contribution in [2.75, 3.05) is 25.5 Å². The van der Waals surface area contributed by atoms with Gasteiger partial charge in [0.05, 0.1) is 30.3 Å². The quantitative estimate of drug-likeness (QED) is 0.642. The summed E-state index contributed by atoms with van der Waals surface area (Å²) in [4.78, 5) is 9.26. The van der Waals surface area contributed by atoms with E-state index in [-0.39, 0.29) is 0 Å². The molecule has 0 radical (unpaired) electrons. The molecule has 3 aromatic heterocycles. The van der Waals surface area contributed by atoms with Crippen molar-refractivity contribution in [3.63, 3.8) is 0 Å². The lowest BCUT2D eigenvalue weighted by Crippen LogP contribution is -2.22. The van der Waals surface area contributed by atoms with E-state index in [1.165, 1.54) is 0 Å². The Hall–Kier alpha value is -2.64. The molecule has 3 aromatic rings. The molecule has 0 aliphatic carbocycles. The van der Waals surface area contributed by atoms with Crippen molar-refractivity contribution in [2.24, 2.45) is 0 Å². The molecule has 4 heterocycles. The van der Waals surface area contributed by atoms with Gasteiger partial charge in [-0.05, 0) is 38.9 Å². The second-order valence-electron chi connectivity index (χ2n) is 7.43. The summed E-state index contributed by atoms with van der Waals surface area (Å²) in [5.74, 6) is 1.47. The van der Waals surface area contributed by atoms with Crippen molar-refractivity contribution in [1.29, 1.82) is 0 Å². The molecule has 7 nitrogen and oxygen atoms in total. The maximum atomic E-state index is 10.5. The van der Waals surface area contributed by atoms with Crippen LogP contribution in [-0.2, 0) is 5.60 Å². The van der Waals surface area contributed by atoms with E-state index in [4.69, 9.17) is 9.72 Å². The second-order valence-corrected chi connectivity index (χ2v) is 7.43. The molecule has 3 N–H and O–H groups in total. The normalized spacial score (nSPS) is 17.4. The smallest absolute Gasteiger partial charge is 0.140 e. The molecule has 1 unspecified atom stereocenters. The number of nitrogens with zero attached hydrogens (tertiary/aromatic N) is 3. The van der Waals surface area contributed by atoms with Crippen molar-refractivity contribution in [3.8, 4) is 17.1 Å². The Labute approximate surface area is 158 Å². The predicted octanol–water partition coefficient (Wildman–Crippen LogP) is 2.41. The highest BCUT2D eigenvalue weighted by Crippen LogP contribution is 2.32. The predicted molar refractivity (Wildman–Crippen MR) is 105 cm³/mol. The minimum Gasteiger partial charge on any atom is -0.496 e. The summed E-state index contributed by atoms with van der Waals surface area (Å²) in [5.41, 5.74) is 2.10. The molecule has 1 saturated heterocycles. The van der Waals surface area contributed by atoms with Gasteiger partial charge in [-0.3, -0.25) is 4.40 Å². The Morgan fingerprint density at radius 2 is 2.22 bits per heavy atom. The van der Waals surface area contributed by atoms with Crippen LogP contribution in [0, 0.1) is 0 Å². The van der Waals surface area contributed by atoms with Crippen LogP contribution in [0.3, 0.4) is 0 Å². The molecule has 1 fully saturated rings. The van der Waals surface area contributed by atoms with Gasteiger partial charge in [0.25, 0.3) is 0 Å². The molecule has 1 aliphatic rings. The van der Waals surface area contributed by atoms with Gasteiger partial charge >= 0.3 is 0 Å². The lowest BCUT2D eigenvalue weighted by atomic mass is 9.99. The van der Waals surface area contributed by atoms with Crippen LogP contribution in [0.25, 0.3) is 17.0 Å². The fourth-order valence-electron chi connectivity index (χ4n) is 3.47. The Bertz CT molecular complexity index is 955. The zero-order valence-corrected chi connectivity index (χ0v) is 15.9. The number of rotatable bonds is 5. The molecule has 0 aromatic carbocycles. The summed E-state index contributed by atoms with van der Waals surface area (Å²) < 4.78 is 7.39. The first-order valence-corrected chi connectivity index (χ1v) is 9.18. The van der Waals surface area contributed by atoms with E-state index in [0.29, 0.717) is 17.4 Å². The first-order chi connectivity index (χ1) is 13.0. The zero-order chi connectivity index (χ0) is 19.0. The molecule has 142 valence electrons. The van der Waals surface area contributed by atoms with Gasteiger partial charge in [0, 0.05) is 30.4 Å². The average molecular weight is 367 g/mol. The van der Waals surface area contributed by atoms with Gasteiger partial charge in [-0.15, -0.1) is 0 Å². The first-order valence-electron chi connectivity index (χ1n) is 9.18. The number of ether oxygens (including phenoxy) is 1. The SMILES string of the molecule is COc1cc2ncc(-c3cccc(NC4CCNC4)n3)n2cc1C(C)(C)O. The van der Waals surface area contributed by atoms with Crippen molar-refractivity contribution < 1.29 is 9.84 Å². The maximum Gasteiger partial charge on any atom is 0.140 e. The van der Waals surface area contributed by atoms with Crippen molar-refractivity contribution in [3.05, 3.63) is 42.2 Å². The van der Waals surface area contributed by atoms with Crippen molar-refractivity contribution in [2.45, 2.75) is 31.9 Å². The summed E-state index contributed by atoms with van der Waals surface area (Å²) in [6, 6.07) is 8.18. The van der Waals surface area contributed by atoms with Gasteiger partial charge < -0.3 is 20.5 Å². The summed E-state index contributed by atoms with van der Waals surface area (Å²) >= 11 is 0. The minimum atomic E-state index is -1.03. The average Bonchev–Trinajstić information content (AvgIpc) is 3.29. The topological polar surface area (TPSA) is 83.7 Å². The number of hydrogen-bond donors (Lipinski definition) is 3. The Balaban J connectivity index is 1.75. The summed E-state index contributed by atoms with van der Waals surface area (Å²) in [5, 5.41) is 17.3. The third-order valence-electron chi connectivity index (χ3n) is 4.91. The summed E-state index contributed by atoms with van der Waals surface area (Å²) in [6.45, 7) is 5.47. The van der Waals surface area contributed by atoms with Gasteiger partial charge in [0.2, 0.25) is 0 Å². The van der Waals surface area contributed by atoms with E-state index in [1.807, 2.05) is 34.9 Å². The molecular formula is C20H25N5O2. The highest BCUT2D eigenvalue weighted by molar-refractivity contribution is 5.64. The van der Waals surface area contributed by atoms with Crippen LogP contribution in [0.4, 0.5) is 5.82 Å². The van der Waals surface area contributed by atoms with E-state index >= 15 is 0 Å². The monoisotopic (exact) mass is 367 g/mol. The molecule has 1 atom stereocenters. The van der Waals surface area contributed by atoms with Crippen LogP contribution < -0.4 is 15.4 Å². The van der Waals surface area contributed by atoms with E-state index in [2.05, 4.69) is 15.6 Å². The number of anilines is 1. The highest BCUT2D eigenvalue weighted by atomic mass is 16.5. The van der Waals surface area contributed by atoms with Crippen LogP contribution in [0.1, 0.15) is 25.8 Å². The molecule has 27 heavy (non-hydrogen) atoms. The van der Waals surface area contributed by atoms with E-state index in [1.54, 1.807) is 27.2 Å². The molecule has 0 amide bonds. The number of imidazole rings is 1. The highest BCUT2D eigenvalue weighted by Gasteiger charge is 2.23. The number of methoxy groups -OCH3 is 1. The molecule has 0 saturated carbocycles. The minimum absolute atomic E-state index is 0.404. The Morgan fingerprint density at radius 1 is 1.37 bits per heavy atom. The van der Waals surface area contributed by atoms with E-state index in [9.17, 15) is 5.11 Å². The summed E-state index contributed by atoms with van der Waals surface area (Å²) in [6.07, 6.45) is 4.77. The van der Waals surface area contributed by atoms with E-state index < -0.39 is 5.60 Å². The fourth-order valence-corrected chi connectivity index (χ4v) is 3.47. The third kappa shape index (κ3) is 3.48. The van der Waals surface area contributed by atoms with Crippen molar-refractivity contribution >= 4 is 11.5 Å². The number of nitrogens with one attached hydrogen (secondary N) is 2. The van der Waals surface area contributed by atoms with Gasteiger partial charge in [0.1, 0.15) is 17.2 Å². The van der Waals surface area contributed by atoms with Gasteiger partial charge in [-0.1, -0.05) is 6.07 Å². The Kier molecular flexibility index (Phi) is 4.49. The lowest BCUT2D eigenvalue weighted by Gasteiger charge is -2.21. The molecular weight excluding hydrogens is 342 g/mol. The first kappa shape index (κ1) is 17.8. The number of fused-ring (bicyclic) bond motifs is 1. The van der Waals surface area contributed by atoms with Gasteiger partial charge in [-0.25, -0.2) is 9.97 Å². The number of pyridine rings is 2. The fraction of sp³-hybridized carbons (Fsp3) is 0.400. The molecule has 0 spiro atoms. The third-order valence-corrected chi connectivity index (χ3v) is 4.91. The van der Waals surface area contributed by atoms with Crippen LogP contribution in [0.2, 0.25) is 0 Å². The molecule has 1 aliphatic heterocycles. The zero-order valence-electron chi connectivity index (χ0n) is 15.9. The molecule has 0 bridgehead atoms. The molecule has 7 heteroatoms. The van der Waals surface area contributed by atoms with Crippen LogP contribution >= 0.6 is 0 Å². The van der Waals surface area contributed by atoms with Crippen LogP contribution in [0.15, 0.2) is 36.7 Å². The van der Waals surface area contributed by atoms with Crippen LogP contribution in [-0.4, -0.2) is 45.7 Å². The lowest BCUT2D eigenvalue weighted by molar-refractivity contribution is 0.0752. The van der Waals surface area contributed by atoms with Gasteiger partial charge in [0.15, 0.2) is 0 Å². The number of aromatic nitrogens is 3. The van der Waals surface area contributed by atoms with Crippen LogP contribution in [0.5, 0.6) is 5.75 Å². The number of hydrogen-bond acceptors (Lipinski definition) is 6. The Morgan fingerprint density at radius 3 is 2.93 bits per heavy atom. The number of aliphatic hydroxyl groups is 1. The van der Waals surface area contributed by atoms with E-state index in [0.717, 1.165) is 42.4 Å². The summed E-state index contributed by atoms with van der Waals surface area (Å²) in [7, 11) is 1.60. The second kappa shape index (κ2) is 6.83. The largest absolute Gasteiger partial charge is 0.496 e. The standard InChI is InChI=1S/C20H25N5O2/c1-20(2,26)14-12-25-16(11-22-19(25)9-17(14)27-3)15-5-4-6-18(24-15)23-13-7-8-21-10-13/h4-6,9,11-13,21,26H,7-8,10H2,1-3H3,(H,23,24). The molecule has 4 rings (SSSR count). The van der Waals surface area contributed by atoms with Gasteiger partial charge in [-0.2, -0.15) is 0 Å². The maximum absolute atomic E-state index is 10.5.